The lowest BCUT2D eigenvalue weighted by atomic mass is 9.85. The van der Waals surface area contributed by atoms with Crippen LogP contribution < -0.4 is 0 Å². The molecule has 1 aliphatic rings. The van der Waals surface area contributed by atoms with Crippen LogP contribution in [0.4, 0.5) is 0 Å². The number of rotatable bonds is 2. The quantitative estimate of drug-likeness (QED) is 0.613. The lowest BCUT2D eigenvalue weighted by molar-refractivity contribution is 0.874. The van der Waals surface area contributed by atoms with Crippen molar-refractivity contribution in [3.63, 3.8) is 0 Å². The predicted octanol–water partition coefficient (Wildman–Crippen LogP) is 5.42. The van der Waals surface area contributed by atoms with Gasteiger partial charge in [0.2, 0.25) is 0 Å². The molecule has 102 valence electrons. The van der Waals surface area contributed by atoms with Crippen LogP contribution in [-0.4, -0.2) is 4.98 Å². The standard InChI is InChI=1S/C19H15NS/c1-2-6-14(7-3-1)15-8-4-9-16(12-15)17-10-5-11-18-19(17)20-13-21-18/h1-11,13,16H,12H2. The van der Waals surface area contributed by atoms with E-state index in [-0.39, 0.29) is 0 Å². The largest absolute Gasteiger partial charge is 0.244 e. The third kappa shape index (κ3) is 2.32. The van der Waals surface area contributed by atoms with E-state index in [0.717, 1.165) is 11.9 Å². The van der Waals surface area contributed by atoms with Gasteiger partial charge in [-0.1, -0.05) is 60.7 Å². The van der Waals surface area contributed by atoms with Gasteiger partial charge in [0, 0.05) is 5.92 Å². The molecule has 21 heavy (non-hydrogen) atoms. The summed E-state index contributed by atoms with van der Waals surface area (Å²) in [6, 6.07) is 17.1. The highest BCUT2D eigenvalue weighted by Gasteiger charge is 2.17. The van der Waals surface area contributed by atoms with Crippen molar-refractivity contribution in [1.82, 2.24) is 4.98 Å². The molecule has 1 aromatic heterocycles. The van der Waals surface area contributed by atoms with Crippen LogP contribution in [0.15, 0.2) is 72.3 Å². The van der Waals surface area contributed by atoms with Crippen LogP contribution in [0.3, 0.4) is 0 Å². The smallest absolute Gasteiger partial charge is 0.0850 e. The second-order valence-corrected chi connectivity index (χ2v) is 6.19. The van der Waals surface area contributed by atoms with E-state index in [2.05, 4.69) is 71.7 Å². The summed E-state index contributed by atoms with van der Waals surface area (Å²) in [5.74, 6) is 0.413. The summed E-state index contributed by atoms with van der Waals surface area (Å²) in [6.07, 6.45) is 7.74. The summed E-state index contributed by atoms with van der Waals surface area (Å²) in [5.41, 5.74) is 7.15. The number of hydrogen-bond acceptors (Lipinski definition) is 2. The first-order chi connectivity index (χ1) is 10.4. The molecule has 1 aliphatic carbocycles. The Balaban J connectivity index is 1.71. The first-order valence-electron chi connectivity index (χ1n) is 7.17. The number of nitrogens with zero attached hydrogens (tertiary/aromatic N) is 1. The number of benzene rings is 2. The molecule has 3 aromatic rings. The molecule has 0 bridgehead atoms. The number of aromatic nitrogens is 1. The van der Waals surface area contributed by atoms with Gasteiger partial charge in [-0.15, -0.1) is 11.3 Å². The minimum Gasteiger partial charge on any atom is -0.244 e. The van der Waals surface area contributed by atoms with Crippen molar-refractivity contribution in [3.8, 4) is 0 Å². The molecule has 0 saturated carbocycles. The highest BCUT2D eigenvalue weighted by Crippen LogP contribution is 2.36. The molecule has 0 aliphatic heterocycles. The number of fused-ring (bicyclic) bond motifs is 1. The molecule has 0 spiro atoms. The Hall–Kier alpha value is -2.19. The summed E-state index contributed by atoms with van der Waals surface area (Å²) < 4.78 is 1.27. The van der Waals surface area contributed by atoms with Crippen molar-refractivity contribution in [2.45, 2.75) is 12.3 Å². The van der Waals surface area contributed by atoms with E-state index in [1.54, 1.807) is 11.3 Å². The Bertz CT molecular complexity index is 827. The third-order valence-electron chi connectivity index (χ3n) is 4.02. The fourth-order valence-electron chi connectivity index (χ4n) is 2.97. The van der Waals surface area contributed by atoms with Crippen molar-refractivity contribution < 1.29 is 0 Å². The Morgan fingerprint density at radius 1 is 1.00 bits per heavy atom. The molecule has 0 saturated heterocycles. The van der Waals surface area contributed by atoms with E-state index in [1.807, 2.05) is 5.51 Å². The molecular weight excluding hydrogens is 274 g/mol. The van der Waals surface area contributed by atoms with Crippen LogP contribution in [0.5, 0.6) is 0 Å². The van der Waals surface area contributed by atoms with Crippen molar-refractivity contribution in [2.24, 2.45) is 0 Å². The summed E-state index contributed by atoms with van der Waals surface area (Å²) in [6.45, 7) is 0. The van der Waals surface area contributed by atoms with Gasteiger partial charge in [-0.25, -0.2) is 4.98 Å². The van der Waals surface area contributed by atoms with Crippen molar-refractivity contribution in [3.05, 3.63) is 83.4 Å². The SMILES string of the molecule is C1=CC(c2cccc3scnc23)CC(c2ccccc2)=C1. The Morgan fingerprint density at radius 2 is 1.90 bits per heavy atom. The van der Waals surface area contributed by atoms with E-state index in [4.69, 9.17) is 0 Å². The number of thiazole rings is 1. The van der Waals surface area contributed by atoms with Gasteiger partial charge < -0.3 is 0 Å². The fraction of sp³-hybridized carbons (Fsp3) is 0.105. The Kier molecular flexibility index (Phi) is 3.17. The van der Waals surface area contributed by atoms with Crippen LogP contribution in [0.1, 0.15) is 23.5 Å². The van der Waals surface area contributed by atoms with Crippen LogP contribution in [-0.2, 0) is 0 Å². The van der Waals surface area contributed by atoms with Gasteiger partial charge in [0.25, 0.3) is 0 Å². The molecule has 0 radical (unpaired) electrons. The number of para-hydroxylation sites is 1. The fourth-order valence-corrected chi connectivity index (χ4v) is 3.68. The van der Waals surface area contributed by atoms with E-state index in [1.165, 1.54) is 21.4 Å². The lowest BCUT2D eigenvalue weighted by Crippen LogP contribution is -2.01. The van der Waals surface area contributed by atoms with Crippen LogP contribution >= 0.6 is 11.3 Å². The van der Waals surface area contributed by atoms with Crippen molar-refractivity contribution in [1.29, 1.82) is 0 Å². The van der Waals surface area contributed by atoms with Gasteiger partial charge in [-0.2, -0.15) is 0 Å². The first-order valence-corrected chi connectivity index (χ1v) is 8.05. The van der Waals surface area contributed by atoms with Crippen LogP contribution in [0, 0.1) is 0 Å². The second kappa shape index (κ2) is 5.30. The van der Waals surface area contributed by atoms with E-state index >= 15 is 0 Å². The summed E-state index contributed by atoms with van der Waals surface area (Å²) in [4.78, 5) is 4.56. The monoisotopic (exact) mass is 289 g/mol. The Labute approximate surface area is 128 Å². The molecule has 2 heteroatoms. The highest BCUT2D eigenvalue weighted by atomic mass is 32.1. The highest BCUT2D eigenvalue weighted by molar-refractivity contribution is 7.16. The van der Waals surface area contributed by atoms with Gasteiger partial charge in [-0.05, 0) is 29.2 Å². The van der Waals surface area contributed by atoms with E-state index in [9.17, 15) is 0 Å². The zero-order valence-corrected chi connectivity index (χ0v) is 12.4. The van der Waals surface area contributed by atoms with Gasteiger partial charge in [0.05, 0.1) is 15.7 Å². The maximum absolute atomic E-state index is 4.56. The van der Waals surface area contributed by atoms with E-state index < -0.39 is 0 Å². The average molecular weight is 289 g/mol. The van der Waals surface area contributed by atoms with Crippen LogP contribution in [0.2, 0.25) is 0 Å². The van der Waals surface area contributed by atoms with Gasteiger partial charge in [0.1, 0.15) is 0 Å². The maximum atomic E-state index is 4.56. The van der Waals surface area contributed by atoms with E-state index in [0.29, 0.717) is 5.92 Å². The molecular formula is C19H15NS. The molecule has 4 rings (SSSR count). The summed E-state index contributed by atoms with van der Waals surface area (Å²) in [7, 11) is 0. The second-order valence-electron chi connectivity index (χ2n) is 5.30. The Morgan fingerprint density at radius 3 is 2.81 bits per heavy atom. The zero-order valence-electron chi connectivity index (χ0n) is 11.6. The third-order valence-corrected chi connectivity index (χ3v) is 4.81. The number of hydrogen-bond donors (Lipinski definition) is 0. The molecule has 1 unspecified atom stereocenters. The molecule has 0 amide bonds. The first kappa shape index (κ1) is 12.5. The summed E-state index contributed by atoms with van der Waals surface area (Å²) >= 11 is 1.71. The molecule has 1 atom stereocenters. The normalized spacial score (nSPS) is 17.9. The minimum absolute atomic E-state index is 0.413. The molecule has 2 aromatic carbocycles. The molecule has 1 heterocycles. The van der Waals surface area contributed by atoms with Gasteiger partial charge in [-0.3, -0.25) is 0 Å². The van der Waals surface area contributed by atoms with Crippen LogP contribution in [0.25, 0.3) is 15.8 Å². The lowest BCUT2D eigenvalue weighted by Gasteiger charge is -2.19. The molecule has 0 N–H and O–H groups in total. The maximum Gasteiger partial charge on any atom is 0.0850 e. The number of allylic oxidation sites excluding steroid dienone is 4. The predicted molar refractivity (Wildman–Crippen MR) is 90.5 cm³/mol. The summed E-state index contributed by atoms with van der Waals surface area (Å²) in [5, 5.41) is 0. The molecule has 1 nitrogen and oxygen atoms in total. The topological polar surface area (TPSA) is 12.9 Å². The van der Waals surface area contributed by atoms with Crippen molar-refractivity contribution >= 4 is 27.1 Å². The zero-order chi connectivity index (χ0) is 14.1. The van der Waals surface area contributed by atoms with Gasteiger partial charge in [0.15, 0.2) is 0 Å². The van der Waals surface area contributed by atoms with Crippen molar-refractivity contribution in [2.75, 3.05) is 0 Å². The van der Waals surface area contributed by atoms with Gasteiger partial charge >= 0.3 is 0 Å². The minimum atomic E-state index is 0.413. The average Bonchev–Trinajstić information content (AvgIpc) is 3.04. The molecule has 0 fully saturated rings.